The number of amides is 2. The van der Waals surface area contributed by atoms with Crippen molar-refractivity contribution in [3.63, 3.8) is 0 Å². The summed E-state index contributed by atoms with van der Waals surface area (Å²) in [5.74, 6) is -0.435. The second-order valence-electron chi connectivity index (χ2n) is 5.63. The maximum atomic E-state index is 12.3. The van der Waals surface area contributed by atoms with Crippen molar-refractivity contribution >= 4 is 33.6 Å². The number of benzene rings is 1. The van der Waals surface area contributed by atoms with E-state index in [1.165, 1.54) is 4.31 Å². The fourth-order valence-corrected chi connectivity index (χ4v) is 3.26. The number of ether oxygens (including phenoxy) is 1. The van der Waals surface area contributed by atoms with E-state index in [2.05, 4.69) is 10.6 Å². The van der Waals surface area contributed by atoms with Gasteiger partial charge in [0, 0.05) is 30.4 Å². The van der Waals surface area contributed by atoms with E-state index in [1.807, 2.05) is 0 Å². The Morgan fingerprint density at radius 1 is 1.16 bits per heavy atom. The van der Waals surface area contributed by atoms with E-state index in [0.717, 1.165) is 0 Å². The topological polar surface area (TPSA) is 131 Å². The molecule has 1 heterocycles. The lowest BCUT2D eigenvalue weighted by molar-refractivity contribution is -0.120. The molecule has 0 atom stereocenters. The van der Waals surface area contributed by atoms with Gasteiger partial charge in [0.15, 0.2) is 0 Å². The van der Waals surface area contributed by atoms with Crippen LogP contribution in [0.3, 0.4) is 0 Å². The highest BCUT2D eigenvalue weighted by atomic mass is 32.2. The first kappa shape index (κ1) is 19.2. The second kappa shape index (κ2) is 8.28. The summed E-state index contributed by atoms with van der Waals surface area (Å²) in [5.41, 5.74) is 1.14. The summed E-state index contributed by atoms with van der Waals surface area (Å²) in [5, 5.41) is 10.4. The molecule has 1 aliphatic heterocycles. The zero-order chi connectivity index (χ0) is 18.4. The van der Waals surface area contributed by atoms with Gasteiger partial charge < -0.3 is 10.1 Å². The predicted octanol–water partition coefficient (Wildman–Crippen LogP) is 1.11. The predicted molar refractivity (Wildman–Crippen MR) is 93.1 cm³/mol. The number of carbonyl (C=O) groups is 2. The van der Waals surface area contributed by atoms with Gasteiger partial charge in [-0.3, -0.25) is 10.1 Å². The maximum absolute atomic E-state index is 12.3. The standard InChI is InChI=1S/C15H22N4O5S/c1-2-24-15(21)18-13-5-3-12(4-6-13)17-14(20)11-7-9-19(10-8-11)25(16,22)23/h3-6,11H,2,7-10H2,1H3,(H,17,20)(H,18,21)(H2,16,22,23). The number of nitrogens with two attached hydrogens (primary N) is 1. The lowest BCUT2D eigenvalue weighted by atomic mass is 9.97. The SMILES string of the molecule is CCOC(=O)Nc1ccc(NC(=O)C2CCN(S(N)(=O)=O)CC2)cc1. The highest BCUT2D eigenvalue weighted by Crippen LogP contribution is 2.21. The minimum absolute atomic E-state index is 0.167. The largest absolute Gasteiger partial charge is 0.450 e. The van der Waals surface area contributed by atoms with Crippen LogP contribution in [0.25, 0.3) is 0 Å². The Labute approximate surface area is 146 Å². The van der Waals surface area contributed by atoms with E-state index < -0.39 is 16.3 Å². The average molecular weight is 370 g/mol. The molecular weight excluding hydrogens is 348 g/mol. The van der Waals surface area contributed by atoms with E-state index in [-0.39, 0.29) is 31.5 Å². The molecule has 4 N–H and O–H groups in total. The number of hydrogen-bond donors (Lipinski definition) is 3. The van der Waals surface area contributed by atoms with Gasteiger partial charge in [0.05, 0.1) is 6.61 Å². The Kier molecular flexibility index (Phi) is 6.34. The van der Waals surface area contributed by atoms with Crippen LogP contribution < -0.4 is 15.8 Å². The summed E-state index contributed by atoms with van der Waals surface area (Å²) < 4.78 is 28.5. The van der Waals surface area contributed by atoms with Crippen LogP contribution in [0.15, 0.2) is 24.3 Å². The van der Waals surface area contributed by atoms with Crippen LogP contribution in [0.5, 0.6) is 0 Å². The fraction of sp³-hybridized carbons (Fsp3) is 0.467. The molecule has 1 saturated heterocycles. The molecule has 2 rings (SSSR count). The number of carbonyl (C=O) groups excluding carboxylic acids is 2. The highest BCUT2D eigenvalue weighted by molar-refractivity contribution is 7.86. The van der Waals surface area contributed by atoms with Gasteiger partial charge in [0.25, 0.3) is 10.2 Å². The molecule has 25 heavy (non-hydrogen) atoms. The van der Waals surface area contributed by atoms with Crippen molar-refractivity contribution in [2.45, 2.75) is 19.8 Å². The third-order valence-corrected chi connectivity index (χ3v) is 4.94. The van der Waals surface area contributed by atoms with E-state index in [9.17, 15) is 18.0 Å². The molecule has 0 unspecified atom stereocenters. The van der Waals surface area contributed by atoms with Crippen LogP contribution in [0, 0.1) is 5.92 Å². The Hall–Kier alpha value is -2.17. The molecular formula is C15H22N4O5S. The average Bonchev–Trinajstić information content (AvgIpc) is 2.56. The van der Waals surface area contributed by atoms with E-state index >= 15 is 0 Å². The summed E-state index contributed by atoms with van der Waals surface area (Å²) in [6.45, 7) is 2.47. The Bertz CT molecular complexity index is 712. The van der Waals surface area contributed by atoms with Gasteiger partial charge in [0.1, 0.15) is 0 Å². The zero-order valence-corrected chi connectivity index (χ0v) is 14.7. The molecule has 9 nitrogen and oxygen atoms in total. The minimum atomic E-state index is -3.70. The molecule has 0 spiro atoms. The summed E-state index contributed by atoms with van der Waals surface area (Å²) >= 11 is 0. The lowest BCUT2D eigenvalue weighted by Gasteiger charge is -2.29. The van der Waals surface area contributed by atoms with Crippen LogP contribution in [0.4, 0.5) is 16.2 Å². The third kappa shape index (κ3) is 5.69. The van der Waals surface area contributed by atoms with Crippen LogP contribution in [-0.2, 0) is 19.7 Å². The van der Waals surface area contributed by atoms with Gasteiger partial charge in [-0.2, -0.15) is 12.7 Å². The molecule has 1 aromatic carbocycles. The van der Waals surface area contributed by atoms with Crippen LogP contribution in [0.1, 0.15) is 19.8 Å². The van der Waals surface area contributed by atoms with E-state index in [4.69, 9.17) is 9.88 Å². The number of nitrogens with zero attached hydrogens (tertiary/aromatic N) is 1. The van der Waals surface area contributed by atoms with Crippen molar-refractivity contribution in [3.8, 4) is 0 Å². The van der Waals surface area contributed by atoms with Crippen molar-refractivity contribution in [3.05, 3.63) is 24.3 Å². The van der Waals surface area contributed by atoms with Crippen LogP contribution in [-0.4, -0.2) is 44.4 Å². The van der Waals surface area contributed by atoms with Crippen molar-refractivity contribution in [2.75, 3.05) is 30.3 Å². The summed E-state index contributed by atoms with van der Waals surface area (Å²) in [7, 11) is -3.70. The summed E-state index contributed by atoms with van der Waals surface area (Å²) in [6, 6.07) is 6.63. The Morgan fingerprint density at radius 2 is 1.68 bits per heavy atom. The van der Waals surface area contributed by atoms with Crippen molar-refractivity contribution < 1.29 is 22.7 Å². The van der Waals surface area contributed by atoms with E-state index in [0.29, 0.717) is 24.2 Å². The molecule has 1 fully saturated rings. The van der Waals surface area contributed by atoms with Crippen molar-refractivity contribution in [1.29, 1.82) is 0 Å². The Morgan fingerprint density at radius 3 is 2.16 bits per heavy atom. The van der Waals surface area contributed by atoms with E-state index in [1.54, 1.807) is 31.2 Å². The Balaban J connectivity index is 1.86. The lowest BCUT2D eigenvalue weighted by Crippen LogP contribution is -2.44. The van der Waals surface area contributed by atoms with Crippen LogP contribution >= 0.6 is 0 Å². The highest BCUT2D eigenvalue weighted by Gasteiger charge is 2.29. The molecule has 1 aliphatic rings. The second-order valence-corrected chi connectivity index (χ2v) is 7.18. The third-order valence-electron chi connectivity index (χ3n) is 3.86. The van der Waals surface area contributed by atoms with Gasteiger partial charge in [0.2, 0.25) is 5.91 Å². The first-order valence-corrected chi connectivity index (χ1v) is 9.42. The number of nitrogens with one attached hydrogen (secondary N) is 2. The molecule has 0 aromatic heterocycles. The number of rotatable bonds is 5. The first-order valence-electron chi connectivity index (χ1n) is 7.92. The fourth-order valence-electron chi connectivity index (χ4n) is 2.54. The molecule has 138 valence electrons. The molecule has 2 amide bonds. The number of hydrogen-bond acceptors (Lipinski definition) is 5. The zero-order valence-electron chi connectivity index (χ0n) is 13.9. The monoisotopic (exact) mass is 370 g/mol. The number of piperidine rings is 1. The summed E-state index contributed by atoms with van der Waals surface area (Å²) in [6.07, 6.45) is 0.302. The molecule has 0 radical (unpaired) electrons. The van der Waals surface area contributed by atoms with Gasteiger partial charge in [-0.25, -0.2) is 9.93 Å². The quantitative estimate of drug-likeness (QED) is 0.714. The molecule has 0 saturated carbocycles. The normalized spacial score (nSPS) is 16.2. The van der Waals surface area contributed by atoms with Crippen LogP contribution in [0.2, 0.25) is 0 Å². The molecule has 0 aliphatic carbocycles. The summed E-state index contributed by atoms with van der Waals surface area (Å²) in [4.78, 5) is 23.6. The van der Waals surface area contributed by atoms with Crippen molar-refractivity contribution in [2.24, 2.45) is 11.1 Å². The molecule has 10 heteroatoms. The van der Waals surface area contributed by atoms with Gasteiger partial charge in [-0.15, -0.1) is 0 Å². The number of anilines is 2. The maximum Gasteiger partial charge on any atom is 0.411 e. The molecule has 1 aromatic rings. The van der Waals surface area contributed by atoms with Crippen molar-refractivity contribution in [1.82, 2.24) is 4.31 Å². The smallest absolute Gasteiger partial charge is 0.411 e. The first-order chi connectivity index (χ1) is 11.8. The van der Waals surface area contributed by atoms with Gasteiger partial charge in [-0.1, -0.05) is 0 Å². The van der Waals surface area contributed by atoms with Gasteiger partial charge in [-0.05, 0) is 44.0 Å². The molecule has 0 bridgehead atoms. The minimum Gasteiger partial charge on any atom is -0.450 e. The van der Waals surface area contributed by atoms with Gasteiger partial charge >= 0.3 is 6.09 Å².